The van der Waals surface area contributed by atoms with Crippen molar-refractivity contribution in [3.8, 4) is 5.75 Å². The highest BCUT2D eigenvalue weighted by Gasteiger charge is 2.19. The summed E-state index contributed by atoms with van der Waals surface area (Å²) in [5, 5.41) is 3.11. The molecule has 5 nitrogen and oxygen atoms in total. The molecular formula is C26H35N3O2. The maximum absolute atomic E-state index is 12.8. The number of imidazole rings is 1. The minimum Gasteiger partial charge on any atom is -0.497 e. The van der Waals surface area contributed by atoms with Crippen LogP contribution in [0.4, 0.5) is 0 Å². The normalized spacial score (nSPS) is 12.1. The van der Waals surface area contributed by atoms with Gasteiger partial charge in [-0.25, -0.2) is 4.98 Å². The summed E-state index contributed by atoms with van der Waals surface area (Å²) in [4.78, 5) is 17.6. The number of fused-ring (bicyclic) bond motifs is 1. The zero-order valence-corrected chi connectivity index (χ0v) is 19.1. The van der Waals surface area contributed by atoms with Crippen molar-refractivity contribution in [2.24, 2.45) is 0 Å². The third kappa shape index (κ3) is 6.09. The molecule has 0 saturated heterocycles. The van der Waals surface area contributed by atoms with Crippen LogP contribution in [0.1, 0.15) is 81.0 Å². The molecule has 0 bridgehead atoms. The molecule has 1 atom stereocenters. The van der Waals surface area contributed by atoms with Gasteiger partial charge in [0.05, 0.1) is 24.2 Å². The first-order valence-electron chi connectivity index (χ1n) is 11.5. The summed E-state index contributed by atoms with van der Waals surface area (Å²) in [5.74, 6) is 1.54. The number of aryl methyl sites for hydroxylation is 1. The Hall–Kier alpha value is -2.82. The van der Waals surface area contributed by atoms with E-state index < -0.39 is 0 Å². The Balaban J connectivity index is 1.68. The molecule has 0 aliphatic rings. The van der Waals surface area contributed by atoms with E-state index in [4.69, 9.17) is 9.72 Å². The molecule has 2 aromatic carbocycles. The molecule has 5 heteroatoms. The topological polar surface area (TPSA) is 56.2 Å². The summed E-state index contributed by atoms with van der Waals surface area (Å²) in [7, 11) is 1.62. The summed E-state index contributed by atoms with van der Waals surface area (Å²) in [6.45, 7) is 5.18. The Labute approximate surface area is 185 Å². The lowest BCUT2D eigenvalue weighted by molar-refractivity contribution is 0.0937. The molecule has 1 unspecified atom stereocenters. The SMILES string of the molecule is CCCCCCCCCn1c(C(C)NC(=O)c2ccc(OC)cc2)nc2ccccc21. The first kappa shape index (κ1) is 22.9. The summed E-state index contributed by atoms with van der Waals surface area (Å²) in [6.07, 6.45) is 8.91. The zero-order valence-electron chi connectivity index (χ0n) is 19.1. The molecule has 3 rings (SSSR count). The molecule has 1 aromatic heterocycles. The molecule has 166 valence electrons. The standard InChI is InChI=1S/C26H35N3O2/c1-4-5-6-7-8-9-12-19-29-24-14-11-10-13-23(24)28-25(29)20(2)27-26(30)21-15-17-22(31-3)18-16-21/h10-11,13-18,20H,4-9,12,19H2,1-3H3,(H,27,30). The highest BCUT2D eigenvalue weighted by Crippen LogP contribution is 2.22. The van der Waals surface area contributed by atoms with Gasteiger partial charge in [-0.15, -0.1) is 0 Å². The number of unbranched alkanes of at least 4 members (excludes halogenated alkanes) is 6. The Kier molecular flexibility index (Phi) is 8.51. The van der Waals surface area contributed by atoms with E-state index in [0.717, 1.165) is 35.6 Å². The Bertz CT molecular complexity index is 962. The third-order valence-electron chi connectivity index (χ3n) is 5.76. The van der Waals surface area contributed by atoms with E-state index in [1.165, 1.54) is 38.5 Å². The third-order valence-corrected chi connectivity index (χ3v) is 5.76. The predicted octanol–water partition coefficient (Wildman–Crippen LogP) is 6.29. The first-order valence-corrected chi connectivity index (χ1v) is 11.5. The van der Waals surface area contributed by atoms with Crippen molar-refractivity contribution in [1.29, 1.82) is 0 Å². The van der Waals surface area contributed by atoms with E-state index in [-0.39, 0.29) is 11.9 Å². The number of rotatable bonds is 12. The molecular weight excluding hydrogens is 386 g/mol. The zero-order chi connectivity index (χ0) is 22.1. The summed E-state index contributed by atoms with van der Waals surface area (Å²) in [6, 6.07) is 15.2. The van der Waals surface area contributed by atoms with Crippen LogP contribution in [0.25, 0.3) is 11.0 Å². The number of carbonyl (C=O) groups is 1. The molecule has 0 fully saturated rings. The number of aromatic nitrogens is 2. The van der Waals surface area contributed by atoms with Gasteiger partial charge in [-0.3, -0.25) is 4.79 Å². The van der Waals surface area contributed by atoms with Gasteiger partial charge in [0.25, 0.3) is 5.91 Å². The van der Waals surface area contributed by atoms with Gasteiger partial charge in [0.2, 0.25) is 0 Å². The molecule has 0 spiro atoms. The van der Waals surface area contributed by atoms with Crippen LogP contribution in [-0.4, -0.2) is 22.6 Å². The van der Waals surface area contributed by atoms with Crippen LogP contribution in [0.15, 0.2) is 48.5 Å². The molecule has 0 aliphatic carbocycles. The van der Waals surface area contributed by atoms with Crippen molar-refractivity contribution >= 4 is 16.9 Å². The van der Waals surface area contributed by atoms with E-state index in [1.54, 1.807) is 31.4 Å². The van der Waals surface area contributed by atoms with Gasteiger partial charge in [-0.1, -0.05) is 57.6 Å². The van der Waals surface area contributed by atoms with Gasteiger partial charge >= 0.3 is 0 Å². The fourth-order valence-corrected chi connectivity index (χ4v) is 3.97. The minimum atomic E-state index is -0.188. The van der Waals surface area contributed by atoms with Crippen molar-refractivity contribution < 1.29 is 9.53 Å². The van der Waals surface area contributed by atoms with E-state index in [0.29, 0.717) is 5.56 Å². The summed E-state index contributed by atoms with van der Waals surface area (Å²) in [5.41, 5.74) is 2.72. The van der Waals surface area contributed by atoms with Gasteiger partial charge in [0.1, 0.15) is 11.6 Å². The number of methoxy groups -OCH3 is 1. The van der Waals surface area contributed by atoms with Gasteiger partial charge in [-0.2, -0.15) is 0 Å². The number of amides is 1. The maximum atomic E-state index is 12.8. The van der Waals surface area contributed by atoms with Crippen LogP contribution in [0.2, 0.25) is 0 Å². The van der Waals surface area contributed by atoms with Crippen molar-refractivity contribution in [3.05, 3.63) is 59.9 Å². The average molecular weight is 422 g/mol. The van der Waals surface area contributed by atoms with Crippen LogP contribution in [0, 0.1) is 0 Å². The van der Waals surface area contributed by atoms with Gasteiger partial charge in [0.15, 0.2) is 0 Å². The van der Waals surface area contributed by atoms with Crippen molar-refractivity contribution in [3.63, 3.8) is 0 Å². The number of hydrogen-bond donors (Lipinski definition) is 1. The minimum absolute atomic E-state index is 0.107. The highest BCUT2D eigenvalue weighted by atomic mass is 16.5. The number of ether oxygens (including phenoxy) is 1. The predicted molar refractivity (Wildman–Crippen MR) is 127 cm³/mol. The summed E-state index contributed by atoms with van der Waals surface area (Å²) < 4.78 is 7.46. The fourth-order valence-electron chi connectivity index (χ4n) is 3.97. The number of nitrogens with one attached hydrogen (secondary N) is 1. The molecule has 0 radical (unpaired) electrons. The quantitative estimate of drug-likeness (QED) is 0.350. The lowest BCUT2D eigenvalue weighted by Gasteiger charge is -2.16. The van der Waals surface area contributed by atoms with Crippen LogP contribution in [0.5, 0.6) is 5.75 Å². The van der Waals surface area contributed by atoms with Gasteiger partial charge < -0.3 is 14.6 Å². The highest BCUT2D eigenvalue weighted by molar-refractivity contribution is 5.94. The van der Waals surface area contributed by atoms with E-state index in [1.807, 2.05) is 19.1 Å². The molecule has 0 aliphatic heterocycles. The lowest BCUT2D eigenvalue weighted by atomic mass is 10.1. The smallest absolute Gasteiger partial charge is 0.251 e. The van der Waals surface area contributed by atoms with Crippen LogP contribution in [0.3, 0.4) is 0 Å². The Morgan fingerprint density at radius 2 is 1.68 bits per heavy atom. The largest absolute Gasteiger partial charge is 0.497 e. The van der Waals surface area contributed by atoms with Crippen LogP contribution in [-0.2, 0) is 6.54 Å². The average Bonchev–Trinajstić information content (AvgIpc) is 3.17. The number of para-hydroxylation sites is 2. The molecule has 1 amide bonds. The molecule has 0 saturated carbocycles. The second kappa shape index (κ2) is 11.5. The first-order chi connectivity index (χ1) is 15.1. The molecule has 1 N–H and O–H groups in total. The number of hydrogen-bond acceptors (Lipinski definition) is 3. The second-order valence-electron chi connectivity index (χ2n) is 8.16. The molecule has 1 heterocycles. The number of benzene rings is 2. The number of nitrogens with zero attached hydrogens (tertiary/aromatic N) is 2. The van der Waals surface area contributed by atoms with Crippen molar-refractivity contribution in [1.82, 2.24) is 14.9 Å². The van der Waals surface area contributed by atoms with E-state index in [9.17, 15) is 4.79 Å². The Morgan fingerprint density at radius 3 is 2.39 bits per heavy atom. The fraction of sp³-hybridized carbons (Fsp3) is 0.462. The van der Waals surface area contributed by atoms with Gasteiger partial charge in [-0.05, 0) is 49.7 Å². The Morgan fingerprint density at radius 1 is 1.00 bits per heavy atom. The van der Waals surface area contributed by atoms with Crippen molar-refractivity contribution in [2.75, 3.05) is 7.11 Å². The molecule has 3 aromatic rings. The van der Waals surface area contributed by atoms with Crippen LogP contribution >= 0.6 is 0 Å². The maximum Gasteiger partial charge on any atom is 0.251 e. The number of carbonyl (C=O) groups excluding carboxylic acids is 1. The lowest BCUT2D eigenvalue weighted by Crippen LogP contribution is -2.28. The van der Waals surface area contributed by atoms with E-state index >= 15 is 0 Å². The van der Waals surface area contributed by atoms with Gasteiger partial charge in [0, 0.05) is 12.1 Å². The van der Waals surface area contributed by atoms with Crippen molar-refractivity contribution in [2.45, 2.75) is 71.4 Å². The van der Waals surface area contributed by atoms with Crippen LogP contribution < -0.4 is 10.1 Å². The molecule has 31 heavy (non-hydrogen) atoms. The summed E-state index contributed by atoms with van der Waals surface area (Å²) >= 11 is 0. The van der Waals surface area contributed by atoms with E-state index in [2.05, 4.69) is 28.9 Å². The second-order valence-corrected chi connectivity index (χ2v) is 8.16. The monoisotopic (exact) mass is 421 g/mol.